The highest BCUT2D eigenvalue weighted by atomic mass is 35.5. The Balaban J connectivity index is 2.56. The fraction of sp³-hybridized carbons (Fsp3) is 0.500. The molecule has 0 unspecified atom stereocenters. The van der Waals surface area contributed by atoms with Gasteiger partial charge in [-0.25, -0.2) is 4.98 Å². The third-order valence-electron chi connectivity index (χ3n) is 1.48. The Hall–Kier alpha value is -0.760. The van der Waals surface area contributed by atoms with Crippen molar-refractivity contribution in [3.8, 4) is 5.88 Å². The van der Waals surface area contributed by atoms with Crippen LogP contribution in [0.25, 0.3) is 0 Å². The van der Waals surface area contributed by atoms with Gasteiger partial charge in [-0.1, -0.05) is 19.9 Å². The number of hydrogen-bond donors (Lipinski definition) is 0. The molecule has 0 bridgehead atoms. The number of nitrogens with zero attached hydrogens (tertiary/aromatic N) is 1. The van der Waals surface area contributed by atoms with Gasteiger partial charge in [-0.15, -0.1) is 11.6 Å². The second kappa shape index (κ2) is 5.07. The summed E-state index contributed by atoms with van der Waals surface area (Å²) in [5.74, 6) is 1.60. The maximum atomic E-state index is 5.64. The van der Waals surface area contributed by atoms with Crippen LogP contribution in [0.4, 0.5) is 0 Å². The highest BCUT2D eigenvalue weighted by Gasteiger charge is 1.99. The molecule has 13 heavy (non-hydrogen) atoms. The molecule has 72 valence electrons. The van der Waals surface area contributed by atoms with Crippen molar-refractivity contribution < 1.29 is 4.74 Å². The second-order valence-electron chi connectivity index (χ2n) is 3.31. The summed E-state index contributed by atoms with van der Waals surface area (Å²) in [6.45, 7) is 4.90. The number of halogens is 1. The van der Waals surface area contributed by atoms with Gasteiger partial charge in [-0.2, -0.15) is 0 Å². The third-order valence-corrected chi connectivity index (χ3v) is 1.76. The Morgan fingerprint density at radius 1 is 1.46 bits per heavy atom. The fourth-order valence-corrected chi connectivity index (χ4v) is 1.01. The lowest BCUT2D eigenvalue weighted by molar-refractivity contribution is 0.261. The zero-order valence-corrected chi connectivity index (χ0v) is 8.71. The van der Waals surface area contributed by atoms with Gasteiger partial charge in [0.2, 0.25) is 5.88 Å². The van der Waals surface area contributed by atoms with Crippen LogP contribution in [0.2, 0.25) is 0 Å². The van der Waals surface area contributed by atoms with Crippen LogP contribution in [0.5, 0.6) is 5.88 Å². The molecule has 0 spiro atoms. The lowest BCUT2D eigenvalue weighted by Crippen LogP contribution is -2.05. The molecule has 1 rings (SSSR count). The van der Waals surface area contributed by atoms with Crippen LogP contribution in [-0.2, 0) is 5.88 Å². The average molecular weight is 200 g/mol. The van der Waals surface area contributed by atoms with Crippen LogP contribution in [0.15, 0.2) is 18.2 Å². The maximum absolute atomic E-state index is 5.64. The number of pyridine rings is 1. The molecule has 1 heterocycles. The predicted molar refractivity (Wildman–Crippen MR) is 54.1 cm³/mol. The molecule has 0 aliphatic heterocycles. The molecule has 1 aromatic heterocycles. The molecule has 2 nitrogen and oxygen atoms in total. The molecule has 0 aliphatic rings. The Kier molecular flexibility index (Phi) is 4.03. The molecule has 3 heteroatoms. The number of alkyl halides is 1. The summed E-state index contributed by atoms with van der Waals surface area (Å²) >= 11 is 5.64. The van der Waals surface area contributed by atoms with Crippen LogP contribution >= 0.6 is 11.6 Å². The summed E-state index contributed by atoms with van der Waals surface area (Å²) in [6, 6.07) is 5.63. The van der Waals surface area contributed by atoms with Crippen molar-refractivity contribution in [2.45, 2.75) is 19.7 Å². The standard InChI is InChI=1S/C10H14ClNO/c1-8(2)7-13-10-5-3-4-9(6-11)12-10/h3-5,8H,6-7H2,1-2H3. The van der Waals surface area contributed by atoms with Gasteiger partial charge >= 0.3 is 0 Å². The normalized spacial score (nSPS) is 10.5. The molecule has 0 N–H and O–H groups in total. The second-order valence-corrected chi connectivity index (χ2v) is 3.57. The predicted octanol–water partition coefficient (Wildman–Crippen LogP) is 2.86. The SMILES string of the molecule is CC(C)COc1cccc(CCl)n1. The van der Waals surface area contributed by atoms with Gasteiger partial charge in [0, 0.05) is 6.07 Å². The molecule has 0 amide bonds. The van der Waals surface area contributed by atoms with E-state index in [-0.39, 0.29) is 0 Å². The van der Waals surface area contributed by atoms with Crippen molar-refractivity contribution in [2.75, 3.05) is 6.61 Å². The summed E-state index contributed by atoms with van der Waals surface area (Å²) in [5, 5.41) is 0. The topological polar surface area (TPSA) is 22.1 Å². The number of aromatic nitrogens is 1. The first kappa shape index (κ1) is 10.3. The molecule has 0 saturated heterocycles. The van der Waals surface area contributed by atoms with Crippen molar-refractivity contribution in [1.29, 1.82) is 0 Å². The zero-order chi connectivity index (χ0) is 9.68. The molecule has 0 fully saturated rings. The van der Waals surface area contributed by atoms with Gasteiger partial charge in [0.15, 0.2) is 0 Å². The van der Waals surface area contributed by atoms with Crippen molar-refractivity contribution in [3.63, 3.8) is 0 Å². The summed E-state index contributed by atoms with van der Waals surface area (Å²) in [4.78, 5) is 4.21. The maximum Gasteiger partial charge on any atom is 0.213 e. The van der Waals surface area contributed by atoms with E-state index in [4.69, 9.17) is 16.3 Å². The first-order valence-corrected chi connectivity index (χ1v) is 4.90. The number of ether oxygens (including phenoxy) is 1. The minimum absolute atomic E-state index is 0.429. The van der Waals surface area contributed by atoms with Gasteiger partial charge in [0.1, 0.15) is 0 Å². The molecule has 0 atom stereocenters. The largest absolute Gasteiger partial charge is 0.477 e. The van der Waals surface area contributed by atoms with Crippen molar-refractivity contribution in [2.24, 2.45) is 5.92 Å². The Morgan fingerprint density at radius 2 is 2.23 bits per heavy atom. The van der Waals surface area contributed by atoms with Crippen LogP contribution in [0.3, 0.4) is 0 Å². The summed E-state index contributed by atoms with van der Waals surface area (Å²) in [6.07, 6.45) is 0. The van der Waals surface area contributed by atoms with Gasteiger partial charge in [-0.3, -0.25) is 0 Å². The van der Waals surface area contributed by atoms with Crippen LogP contribution in [0.1, 0.15) is 19.5 Å². The highest BCUT2D eigenvalue weighted by Crippen LogP contribution is 2.10. The summed E-state index contributed by atoms with van der Waals surface area (Å²) < 4.78 is 5.44. The van der Waals surface area contributed by atoms with Crippen LogP contribution in [-0.4, -0.2) is 11.6 Å². The van der Waals surface area contributed by atoms with E-state index in [0.717, 1.165) is 5.69 Å². The van der Waals surface area contributed by atoms with E-state index < -0.39 is 0 Å². The van der Waals surface area contributed by atoms with Gasteiger partial charge in [0.05, 0.1) is 18.2 Å². The van der Waals surface area contributed by atoms with E-state index in [1.807, 2.05) is 18.2 Å². The Labute approximate surface area is 83.9 Å². The van der Waals surface area contributed by atoms with Gasteiger partial charge in [-0.05, 0) is 12.0 Å². The first-order valence-electron chi connectivity index (χ1n) is 4.37. The monoisotopic (exact) mass is 199 g/mol. The van der Waals surface area contributed by atoms with Crippen molar-refractivity contribution in [3.05, 3.63) is 23.9 Å². The average Bonchev–Trinajstić information content (AvgIpc) is 2.15. The lowest BCUT2D eigenvalue weighted by Gasteiger charge is -2.07. The zero-order valence-electron chi connectivity index (χ0n) is 7.96. The summed E-state index contributed by atoms with van der Waals surface area (Å²) in [5.41, 5.74) is 0.850. The van der Waals surface area contributed by atoms with Gasteiger partial charge in [0.25, 0.3) is 0 Å². The summed E-state index contributed by atoms with van der Waals surface area (Å²) in [7, 11) is 0. The van der Waals surface area contributed by atoms with Crippen molar-refractivity contribution >= 4 is 11.6 Å². The Bertz CT molecular complexity index is 263. The number of hydrogen-bond acceptors (Lipinski definition) is 2. The van der Waals surface area contributed by atoms with E-state index in [9.17, 15) is 0 Å². The van der Waals surface area contributed by atoms with E-state index in [2.05, 4.69) is 18.8 Å². The van der Waals surface area contributed by atoms with Crippen molar-refractivity contribution in [1.82, 2.24) is 4.98 Å². The minimum Gasteiger partial charge on any atom is -0.477 e. The molecule has 0 radical (unpaired) electrons. The smallest absolute Gasteiger partial charge is 0.213 e. The van der Waals surface area contributed by atoms with Gasteiger partial charge < -0.3 is 4.74 Å². The fourth-order valence-electron chi connectivity index (χ4n) is 0.864. The molecule has 0 aliphatic carbocycles. The van der Waals surface area contributed by atoms with E-state index >= 15 is 0 Å². The Morgan fingerprint density at radius 3 is 2.85 bits per heavy atom. The van der Waals surface area contributed by atoms with E-state index in [1.165, 1.54) is 0 Å². The van der Waals surface area contributed by atoms with E-state index in [1.54, 1.807) is 0 Å². The quantitative estimate of drug-likeness (QED) is 0.696. The van der Waals surface area contributed by atoms with Crippen LogP contribution < -0.4 is 4.74 Å². The lowest BCUT2D eigenvalue weighted by atomic mass is 10.2. The first-order chi connectivity index (χ1) is 6.22. The van der Waals surface area contributed by atoms with Crippen LogP contribution in [0, 0.1) is 5.92 Å². The molecular weight excluding hydrogens is 186 g/mol. The third kappa shape index (κ3) is 3.64. The highest BCUT2D eigenvalue weighted by molar-refractivity contribution is 6.16. The van der Waals surface area contributed by atoms with E-state index in [0.29, 0.717) is 24.3 Å². The molecular formula is C10H14ClNO. The molecule has 1 aromatic rings. The molecule has 0 aromatic carbocycles. The minimum atomic E-state index is 0.429. The molecule has 0 saturated carbocycles. The number of rotatable bonds is 4.